The molecule has 0 radical (unpaired) electrons. The number of benzene rings is 2. The van der Waals surface area contributed by atoms with Crippen molar-refractivity contribution >= 4 is 23.4 Å². The van der Waals surface area contributed by atoms with Crippen molar-refractivity contribution in [3.05, 3.63) is 59.9 Å². The molecule has 0 saturated carbocycles. The Morgan fingerprint density at radius 1 is 1.17 bits per heavy atom. The first-order valence-corrected chi connectivity index (χ1v) is 7.85. The Hall–Kier alpha value is -2.79. The van der Waals surface area contributed by atoms with Gasteiger partial charge in [-0.1, -0.05) is 30.3 Å². The minimum Gasteiger partial charge on any atom is -0.449 e. The fraction of sp³-hybridized carbons (Fsp3) is 0.211. The number of nitrogens with two attached hydrogens (primary N) is 1. The summed E-state index contributed by atoms with van der Waals surface area (Å²) in [5, 5.41) is 0. The van der Waals surface area contributed by atoms with E-state index in [0.29, 0.717) is 29.4 Å². The molecule has 3 rings (SSSR count). The molecular weight excluding hydrogens is 302 g/mol. The van der Waals surface area contributed by atoms with Crippen LogP contribution in [0.4, 0.5) is 11.4 Å². The minimum atomic E-state index is -0.154. The predicted molar refractivity (Wildman–Crippen MR) is 96.8 cm³/mol. The molecule has 0 atom stereocenters. The molecule has 2 aromatic carbocycles. The molecule has 1 aliphatic rings. The highest BCUT2D eigenvalue weighted by Crippen LogP contribution is 2.37. The van der Waals surface area contributed by atoms with E-state index in [-0.39, 0.29) is 5.91 Å². The van der Waals surface area contributed by atoms with Crippen LogP contribution in [0.3, 0.4) is 0 Å². The average molecular weight is 323 g/mol. The maximum atomic E-state index is 12.9. The Bertz CT molecular complexity index is 769. The Labute approximate surface area is 141 Å². The van der Waals surface area contributed by atoms with Crippen molar-refractivity contribution < 1.29 is 9.53 Å². The summed E-state index contributed by atoms with van der Waals surface area (Å²) in [4.78, 5) is 16.7. The van der Waals surface area contributed by atoms with E-state index in [2.05, 4.69) is 0 Å². The van der Waals surface area contributed by atoms with Crippen LogP contribution in [0.25, 0.3) is 6.08 Å². The van der Waals surface area contributed by atoms with Crippen molar-refractivity contribution in [3.8, 4) is 5.75 Å². The largest absolute Gasteiger partial charge is 0.449 e. The zero-order chi connectivity index (χ0) is 17.1. The van der Waals surface area contributed by atoms with Gasteiger partial charge in [0.15, 0.2) is 11.5 Å². The molecule has 0 saturated heterocycles. The van der Waals surface area contributed by atoms with Crippen LogP contribution in [0.2, 0.25) is 0 Å². The second-order valence-corrected chi connectivity index (χ2v) is 6.01. The number of carbonyl (C=O) groups excluding carboxylic acids is 1. The van der Waals surface area contributed by atoms with Gasteiger partial charge >= 0.3 is 0 Å². The lowest BCUT2D eigenvalue weighted by Gasteiger charge is -2.31. The van der Waals surface area contributed by atoms with Crippen molar-refractivity contribution in [3.63, 3.8) is 0 Å². The van der Waals surface area contributed by atoms with Gasteiger partial charge < -0.3 is 20.3 Å². The molecule has 124 valence electrons. The molecule has 1 aliphatic heterocycles. The summed E-state index contributed by atoms with van der Waals surface area (Å²) in [7, 11) is 3.96. The van der Waals surface area contributed by atoms with Crippen LogP contribution in [0.1, 0.15) is 5.56 Å². The van der Waals surface area contributed by atoms with Crippen molar-refractivity contribution in [2.75, 3.05) is 37.8 Å². The summed E-state index contributed by atoms with van der Waals surface area (Å²) in [5.74, 6) is 0.806. The molecule has 0 bridgehead atoms. The maximum Gasteiger partial charge on any atom is 0.294 e. The molecule has 0 aromatic heterocycles. The van der Waals surface area contributed by atoms with Crippen LogP contribution in [-0.2, 0) is 4.79 Å². The summed E-state index contributed by atoms with van der Waals surface area (Å²) in [6.07, 6.45) is 1.77. The Morgan fingerprint density at radius 2 is 1.92 bits per heavy atom. The molecule has 24 heavy (non-hydrogen) atoms. The Morgan fingerprint density at radius 3 is 2.62 bits per heavy atom. The van der Waals surface area contributed by atoms with Crippen LogP contribution in [0.5, 0.6) is 5.75 Å². The summed E-state index contributed by atoms with van der Waals surface area (Å²) in [5.41, 5.74) is 8.13. The third-order valence-electron chi connectivity index (χ3n) is 3.82. The van der Waals surface area contributed by atoms with E-state index >= 15 is 0 Å². The van der Waals surface area contributed by atoms with Crippen molar-refractivity contribution in [2.24, 2.45) is 0 Å². The number of nitrogen functional groups attached to an aromatic ring is 1. The van der Waals surface area contributed by atoms with Gasteiger partial charge in [-0.3, -0.25) is 4.79 Å². The smallest absolute Gasteiger partial charge is 0.294 e. The number of carbonyl (C=O) groups is 1. The maximum absolute atomic E-state index is 12.9. The summed E-state index contributed by atoms with van der Waals surface area (Å²) in [6.45, 7) is 1.32. The van der Waals surface area contributed by atoms with Crippen molar-refractivity contribution in [2.45, 2.75) is 0 Å². The van der Waals surface area contributed by atoms with Gasteiger partial charge in [-0.05, 0) is 43.9 Å². The number of ether oxygens (including phenoxy) is 1. The number of hydrogen-bond donors (Lipinski definition) is 1. The molecule has 0 fully saturated rings. The first-order chi connectivity index (χ1) is 11.5. The standard InChI is InChI=1S/C19H21N3O2/c1-21(2)10-11-22-16-13-15(20)8-9-17(16)24-18(19(22)23)12-14-6-4-3-5-7-14/h3-9,12-13H,10-11,20H2,1-2H3/b18-12+. The summed E-state index contributed by atoms with van der Waals surface area (Å²) < 4.78 is 5.84. The van der Waals surface area contributed by atoms with Crippen LogP contribution >= 0.6 is 0 Å². The lowest BCUT2D eigenvalue weighted by atomic mass is 10.1. The van der Waals surface area contributed by atoms with E-state index in [4.69, 9.17) is 10.5 Å². The molecule has 1 heterocycles. The van der Waals surface area contributed by atoms with Crippen molar-refractivity contribution in [1.82, 2.24) is 4.90 Å². The lowest BCUT2D eigenvalue weighted by molar-refractivity contribution is -0.117. The van der Waals surface area contributed by atoms with Gasteiger partial charge in [-0.2, -0.15) is 0 Å². The fourth-order valence-electron chi connectivity index (χ4n) is 2.55. The second-order valence-electron chi connectivity index (χ2n) is 6.01. The number of hydrogen-bond acceptors (Lipinski definition) is 4. The van der Waals surface area contributed by atoms with Gasteiger partial charge in [-0.25, -0.2) is 0 Å². The SMILES string of the molecule is CN(C)CCN1C(=O)/C(=C\c2ccccc2)Oc2ccc(N)cc21. The van der Waals surface area contributed by atoms with Gasteiger partial charge in [0.1, 0.15) is 0 Å². The van der Waals surface area contributed by atoms with Gasteiger partial charge in [0.05, 0.1) is 5.69 Å². The second kappa shape index (κ2) is 6.76. The highest BCUT2D eigenvalue weighted by atomic mass is 16.5. The molecule has 0 aliphatic carbocycles. The number of amides is 1. The van der Waals surface area contributed by atoms with Gasteiger partial charge in [-0.15, -0.1) is 0 Å². The predicted octanol–water partition coefficient (Wildman–Crippen LogP) is 2.60. The number of fused-ring (bicyclic) bond motifs is 1. The van der Waals surface area contributed by atoms with Gasteiger partial charge in [0.2, 0.25) is 0 Å². The third kappa shape index (κ3) is 3.41. The number of rotatable bonds is 4. The minimum absolute atomic E-state index is 0.154. The molecule has 2 aromatic rings. The zero-order valence-corrected chi connectivity index (χ0v) is 13.9. The highest BCUT2D eigenvalue weighted by Gasteiger charge is 2.30. The third-order valence-corrected chi connectivity index (χ3v) is 3.82. The molecule has 0 unspecified atom stereocenters. The topological polar surface area (TPSA) is 58.8 Å². The number of anilines is 2. The van der Waals surface area contributed by atoms with Crippen LogP contribution < -0.4 is 15.4 Å². The van der Waals surface area contributed by atoms with E-state index in [1.54, 1.807) is 29.2 Å². The van der Waals surface area contributed by atoms with E-state index < -0.39 is 0 Å². The van der Waals surface area contributed by atoms with E-state index in [9.17, 15) is 4.79 Å². The van der Waals surface area contributed by atoms with E-state index in [1.165, 1.54) is 0 Å². The average Bonchev–Trinajstić information content (AvgIpc) is 2.56. The Kier molecular flexibility index (Phi) is 4.53. The monoisotopic (exact) mass is 323 g/mol. The number of likely N-dealkylation sites (N-methyl/N-ethyl adjacent to an activating group) is 1. The van der Waals surface area contributed by atoms with Gasteiger partial charge in [0, 0.05) is 18.8 Å². The molecule has 5 nitrogen and oxygen atoms in total. The van der Waals surface area contributed by atoms with E-state index in [1.807, 2.05) is 49.3 Å². The lowest BCUT2D eigenvalue weighted by Crippen LogP contribution is -2.41. The summed E-state index contributed by atoms with van der Waals surface area (Å²) >= 11 is 0. The highest BCUT2D eigenvalue weighted by molar-refractivity contribution is 6.10. The molecule has 0 spiro atoms. The molecule has 2 N–H and O–H groups in total. The van der Waals surface area contributed by atoms with Crippen molar-refractivity contribution in [1.29, 1.82) is 0 Å². The normalized spacial score (nSPS) is 15.5. The number of nitrogens with zero attached hydrogens (tertiary/aromatic N) is 2. The van der Waals surface area contributed by atoms with E-state index in [0.717, 1.165) is 12.1 Å². The van der Waals surface area contributed by atoms with Crippen LogP contribution in [0.15, 0.2) is 54.3 Å². The quantitative estimate of drug-likeness (QED) is 0.694. The molecule has 5 heteroatoms. The molecular formula is C19H21N3O2. The fourth-order valence-corrected chi connectivity index (χ4v) is 2.55. The Balaban J connectivity index is 1.99. The van der Waals surface area contributed by atoms with Crippen LogP contribution in [-0.4, -0.2) is 38.0 Å². The first-order valence-electron chi connectivity index (χ1n) is 7.85. The zero-order valence-electron chi connectivity index (χ0n) is 13.9. The first kappa shape index (κ1) is 16.1. The molecule has 1 amide bonds. The van der Waals surface area contributed by atoms with Crippen LogP contribution in [0, 0.1) is 0 Å². The summed E-state index contributed by atoms with van der Waals surface area (Å²) in [6, 6.07) is 15.0. The van der Waals surface area contributed by atoms with Gasteiger partial charge in [0.25, 0.3) is 5.91 Å².